The molecule has 1 aliphatic heterocycles. The van der Waals surface area contributed by atoms with Crippen molar-refractivity contribution >= 4 is 24.2 Å². The van der Waals surface area contributed by atoms with Gasteiger partial charge in [0.1, 0.15) is 11.9 Å². The van der Waals surface area contributed by atoms with Crippen molar-refractivity contribution in [2.24, 2.45) is 0 Å². The summed E-state index contributed by atoms with van der Waals surface area (Å²) < 4.78 is 11.3. The highest BCUT2D eigenvalue weighted by Crippen LogP contribution is 2.33. The summed E-state index contributed by atoms with van der Waals surface area (Å²) in [6, 6.07) is 26.8. The summed E-state index contributed by atoms with van der Waals surface area (Å²) in [6.45, 7) is 0. The zero-order chi connectivity index (χ0) is 24.6. The van der Waals surface area contributed by atoms with Crippen LogP contribution in [0, 0.1) is 0 Å². The van der Waals surface area contributed by atoms with E-state index >= 15 is 0 Å². The summed E-state index contributed by atoms with van der Waals surface area (Å²) in [7, 11) is 3.69. The van der Waals surface area contributed by atoms with Crippen LogP contribution in [-0.4, -0.2) is 42.9 Å². The minimum atomic E-state index is -0.373. The Morgan fingerprint density at radius 3 is 2.11 bits per heavy atom. The number of carbonyl (C=O) groups excluding carboxylic acids is 2. The van der Waals surface area contributed by atoms with Gasteiger partial charge in [-0.05, 0) is 49.7 Å². The number of halogens is 1. The van der Waals surface area contributed by atoms with Gasteiger partial charge in [-0.3, -0.25) is 9.69 Å². The smallest absolute Gasteiger partial charge is 0.338 e. The topological polar surface area (TPSA) is 55.8 Å². The lowest BCUT2D eigenvalue weighted by Gasteiger charge is -2.40. The van der Waals surface area contributed by atoms with Gasteiger partial charge in [0.15, 0.2) is 5.78 Å². The van der Waals surface area contributed by atoms with Crippen molar-refractivity contribution in [1.29, 1.82) is 0 Å². The van der Waals surface area contributed by atoms with Gasteiger partial charge in [-0.15, -0.1) is 12.4 Å². The van der Waals surface area contributed by atoms with Gasteiger partial charge in [-0.25, -0.2) is 4.79 Å². The molecule has 3 atom stereocenters. The van der Waals surface area contributed by atoms with Gasteiger partial charge in [-0.2, -0.15) is 0 Å². The third-order valence-electron chi connectivity index (χ3n) is 6.98. The summed E-state index contributed by atoms with van der Waals surface area (Å²) in [4.78, 5) is 28.2. The molecule has 0 amide bonds. The Morgan fingerprint density at radius 1 is 0.861 bits per heavy atom. The highest BCUT2D eigenvalue weighted by Gasteiger charge is 2.32. The number of Topliss-reactive ketones (excluding diaryl/α,β-unsaturated/α-hetero) is 1. The van der Waals surface area contributed by atoms with E-state index in [9.17, 15) is 9.59 Å². The van der Waals surface area contributed by atoms with Gasteiger partial charge >= 0.3 is 5.97 Å². The van der Waals surface area contributed by atoms with Crippen LogP contribution in [0.15, 0.2) is 84.9 Å². The molecule has 6 heteroatoms. The standard InChI is InChI=1S/C30H33NO4.ClH/c1-31-25(20-28(32)22-10-5-3-6-11-22)14-9-15-26(31)21-29(23-12-7-4-8-13-23)35-30(33)24-16-18-27(34-2)19-17-24;/h3-8,10-13,16-19,25-26,29H,9,14-15,20-21H2,1-2H3;1H/t25-,26+,29+;/m1./s1. The molecule has 0 aliphatic carbocycles. The average molecular weight is 508 g/mol. The van der Waals surface area contributed by atoms with Gasteiger partial charge in [-0.1, -0.05) is 67.1 Å². The Hall–Kier alpha value is -3.15. The lowest BCUT2D eigenvalue weighted by molar-refractivity contribution is 0.0116. The fraction of sp³-hybridized carbons (Fsp3) is 0.333. The summed E-state index contributed by atoms with van der Waals surface area (Å²) >= 11 is 0. The van der Waals surface area contributed by atoms with Crippen LogP contribution in [0.25, 0.3) is 0 Å². The highest BCUT2D eigenvalue weighted by molar-refractivity contribution is 5.96. The number of carbonyl (C=O) groups is 2. The zero-order valence-electron chi connectivity index (χ0n) is 20.8. The first-order valence-corrected chi connectivity index (χ1v) is 12.3. The van der Waals surface area contributed by atoms with E-state index in [4.69, 9.17) is 9.47 Å². The first kappa shape index (κ1) is 27.4. The van der Waals surface area contributed by atoms with E-state index in [0.717, 1.165) is 30.4 Å². The van der Waals surface area contributed by atoms with Crippen molar-refractivity contribution in [2.75, 3.05) is 14.2 Å². The molecule has 0 saturated carbocycles. The molecule has 1 fully saturated rings. The van der Waals surface area contributed by atoms with Crippen molar-refractivity contribution in [3.8, 4) is 5.75 Å². The molecule has 4 rings (SSSR count). The average Bonchev–Trinajstić information content (AvgIpc) is 2.91. The molecule has 0 unspecified atom stereocenters. The first-order chi connectivity index (χ1) is 17.0. The monoisotopic (exact) mass is 507 g/mol. The molecule has 0 aromatic heterocycles. The van der Waals surface area contributed by atoms with Crippen LogP contribution in [-0.2, 0) is 4.74 Å². The largest absolute Gasteiger partial charge is 0.497 e. The van der Waals surface area contributed by atoms with Crippen LogP contribution in [0.2, 0.25) is 0 Å². The summed E-state index contributed by atoms with van der Waals surface area (Å²) in [5.74, 6) is 0.519. The molecular formula is C30H34ClNO4. The van der Waals surface area contributed by atoms with Crippen LogP contribution in [0.5, 0.6) is 5.75 Å². The number of methoxy groups -OCH3 is 1. The lowest BCUT2D eigenvalue weighted by atomic mass is 9.88. The number of rotatable bonds is 9. The molecule has 0 radical (unpaired) electrons. The molecule has 0 spiro atoms. The molecule has 3 aromatic carbocycles. The van der Waals surface area contributed by atoms with Crippen LogP contribution in [0.1, 0.15) is 64.5 Å². The fourth-order valence-corrected chi connectivity index (χ4v) is 4.87. The zero-order valence-corrected chi connectivity index (χ0v) is 21.7. The van der Waals surface area contributed by atoms with Crippen LogP contribution in [0.3, 0.4) is 0 Å². The number of hydrogen-bond acceptors (Lipinski definition) is 5. The van der Waals surface area contributed by atoms with E-state index in [1.807, 2.05) is 60.7 Å². The molecule has 190 valence electrons. The van der Waals surface area contributed by atoms with Crippen molar-refractivity contribution in [3.63, 3.8) is 0 Å². The molecule has 1 saturated heterocycles. The van der Waals surface area contributed by atoms with Gasteiger partial charge in [0.25, 0.3) is 0 Å². The quantitative estimate of drug-likeness (QED) is 0.243. The number of likely N-dealkylation sites (tertiary alicyclic amines) is 1. The first-order valence-electron chi connectivity index (χ1n) is 12.3. The number of esters is 1. The third-order valence-corrected chi connectivity index (χ3v) is 6.98. The van der Waals surface area contributed by atoms with Crippen LogP contribution in [0.4, 0.5) is 0 Å². The van der Waals surface area contributed by atoms with Gasteiger partial charge in [0.2, 0.25) is 0 Å². The number of hydrogen-bond donors (Lipinski definition) is 0. The SMILES string of the molecule is COc1ccc(C(=O)O[C@@H](C[C@@H]2CCC[C@H](CC(=O)c3ccccc3)N2C)c2ccccc2)cc1.Cl. The molecule has 0 bridgehead atoms. The van der Waals surface area contributed by atoms with Crippen molar-refractivity contribution in [3.05, 3.63) is 102 Å². The summed E-state index contributed by atoms with van der Waals surface area (Å²) in [5.41, 5.74) is 2.24. The van der Waals surface area contributed by atoms with E-state index < -0.39 is 0 Å². The molecule has 1 aliphatic rings. The second kappa shape index (κ2) is 13.2. The van der Waals surface area contributed by atoms with Crippen molar-refractivity contribution in [2.45, 2.75) is 50.3 Å². The number of ketones is 1. The minimum absolute atomic E-state index is 0. The molecule has 3 aromatic rings. The number of nitrogens with zero attached hydrogens (tertiary/aromatic N) is 1. The second-order valence-electron chi connectivity index (χ2n) is 9.17. The highest BCUT2D eigenvalue weighted by atomic mass is 35.5. The lowest BCUT2D eigenvalue weighted by Crippen LogP contribution is -2.45. The Kier molecular flexibility index (Phi) is 10.1. The second-order valence-corrected chi connectivity index (χ2v) is 9.17. The van der Waals surface area contributed by atoms with Crippen molar-refractivity contribution in [1.82, 2.24) is 4.90 Å². The van der Waals surface area contributed by atoms with Gasteiger partial charge in [0.05, 0.1) is 12.7 Å². The van der Waals surface area contributed by atoms with E-state index in [1.165, 1.54) is 0 Å². The van der Waals surface area contributed by atoms with E-state index in [1.54, 1.807) is 31.4 Å². The number of ether oxygens (including phenoxy) is 2. The number of benzene rings is 3. The molecule has 0 N–H and O–H groups in total. The maximum absolute atomic E-state index is 13.0. The Balaban J connectivity index is 0.00000361. The molecule has 5 nitrogen and oxygen atoms in total. The van der Waals surface area contributed by atoms with Crippen LogP contribution < -0.4 is 4.74 Å². The van der Waals surface area contributed by atoms with Gasteiger partial charge in [0, 0.05) is 30.5 Å². The minimum Gasteiger partial charge on any atom is -0.497 e. The fourth-order valence-electron chi connectivity index (χ4n) is 4.87. The van der Waals surface area contributed by atoms with E-state index in [2.05, 4.69) is 11.9 Å². The normalized spacial score (nSPS) is 18.5. The maximum atomic E-state index is 13.0. The summed E-state index contributed by atoms with van der Waals surface area (Å²) in [6.07, 6.45) is 3.86. The third kappa shape index (κ3) is 6.96. The Labute approximate surface area is 219 Å². The van der Waals surface area contributed by atoms with Gasteiger partial charge < -0.3 is 9.47 Å². The summed E-state index contributed by atoms with van der Waals surface area (Å²) in [5, 5.41) is 0. The van der Waals surface area contributed by atoms with E-state index in [0.29, 0.717) is 24.2 Å². The molecule has 1 heterocycles. The van der Waals surface area contributed by atoms with Crippen molar-refractivity contribution < 1.29 is 19.1 Å². The Morgan fingerprint density at radius 2 is 1.47 bits per heavy atom. The Bertz CT molecular complexity index is 1100. The molecule has 36 heavy (non-hydrogen) atoms. The predicted molar refractivity (Wildman–Crippen MR) is 144 cm³/mol. The predicted octanol–water partition coefficient (Wildman–Crippen LogP) is 6.53. The van der Waals surface area contributed by atoms with Crippen LogP contribution >= 0.6 is 12.4 Å². The maximum Gasteiger partial charge on any atom is 0.338 e. The molecular weight excluding hydrogens is 474 g/mol. The van der Waals surface area contributed by atoms with E-state index in [-0.39, 0.29) is 42.3 Å². The number of piperidine rings is 1.